The molecule has 0 saturated carbocycles. The Bertz CT molecular complexity index is 532. The molecule has 0 aliphatic carbocycles. The minimum atomic E-state index is 0.394. The van der Waals surface area contributed by atoms with Crippen LogP contribution in [-0.2, 0) is 0 Å². The Morgan fingerprint density at radius 2 is 2.12 bits per heavy atom. The normalized spacial score (nSPS) is 9.44. The van der Waals surface area contributed by atoms with Crippen molar-refractivity contribution < 1.29 is 4.74 Å². The number of rotatable bonds is 2. The van der Waals surface area contributed by atoms with Gasteiger partial charge in [0.05, 0.1) is 5.56 Å². The SMILES string of the molecule is N#Cc1cc(N)ccc1Oc1ccccn1. The molecule has 0 aliphatic heterocycles. The second-order valence-electron chi connectivity index (χ2n) is 3.14. The van der Waals surface area contributed by atoms with Crippen molar-refractivity contribution in [1.82, 2.24) is 4.98 Å². The van der Waals surface area contributed by atoms with Crippen molar-refractivity contribution in [3.63, 3.8) is 0 Å². The van der Waals surface area contributed by atoms with Gasteiger partial charge in [-0.15, -0.1) is 0 Å². The second-order valence-corrected chi connectivity index (χ2v) is 3.14. The van der Waals surface area contributed by atoms with Crippen LogP contribution < -0.4 is 10.5 Å². The van der Waals surface area contributed by atoms with E-state index in [9.17, 15) is 0 Å². The van der Waals surface area contributed by atoms with Crippen LogP contribution in [0.3, 0.4) is 0 Å². The summed E-state index contributed by atoms with van der Waals surface area (Å²) in [5.41, 5.74) is 6.50. The zero-order valence-electron chi connectivity index (χ0n) is 8.42. The lowest BCUT2D eigenvalue weighted by Crippen LogP contribution is -1.92. The average Bonchev–Trinajstić information content (AvgIpc) is 2.33. The number of ether oxygens (including phenoxy) is 1. The lowest BCUT2D eigenvalue weighted by atomic mass is 10.2. The number of hydrogen-bond donors (Lipinski definition) is 1. The highest BCUT2D eigenvalue weighted by atomic mass is 16.5. The van der Waals surface area contributed by atoms with E-state index in [2.05, 4.69) is 4.98 Å². The Balaban J connectivity index is 2.32. The summed E-state index contributed by atoms with van der Waals surface area (Å²) in [6.07, 6.45) is 1.62. The van der Waals surface area contributed by atoms with Gasteiger partial charge in [-0.3, -0.25) is 0 Å². The van der Waals surface area contributed by atoms with Gasteiger partial charge >= 0.3 is 0 Å². The first-order valence-electron chi connectivity index (χ1n) is 4.68. The van der Waals surface area contributed by atoms with Gasteiger partial charge in [-0.1, -0.05) is 6.07 Å². The summed E-state index contributed by atoms with van der Waals surface area (Å²) in [6.45, 7) is 0. The monoisotopic (exact) mass is 211 g/mol. The fourth-order valence-electron chi connectivity index (χ4n) is 1.24. The molecule has 0 bridgehead atoms. The first-order valence-corrected chi connectivity index (χ1v) is 4.68. The van der Waals surface area contributed by atoms with Crippen LogP contribution in [0.1, 0.15) is 5.56 Å². The number of anilines is 1. The molecular formula is C12H9N3O. The highest BCUT2D eigenvalue weighted by Crippen LogP contribution is 2.24. The third-order valence-electron chi connectivity index (χ3n) is 1.98. The van der Waals surface area contributed by atoms with Crippen molar-refractivity contribution in [2.24, 2.45) is 0 Å². The Hall–Kier alpha value is -2.54. The zero-order chi connectivity index (χ0) is 11.4. The standard InChI is InChI=1S/C12H9N3O/c13-8-9-7-10(14)4-5-11(9)16-12-3-1-2-6-15-12/h1-7H,14H2. The van der Waals surface area contributed by atoms with Gasteiger partial charge < -0.3 is 10.5 Å². The van der Waals surface area contributed by atoms with E-state index in [0.29, 0.717) is 22.9 Å². The molecule has 0 atom stereocenters. The van der Waals surface area contributed by atoms with Crippen molar-refractivity contribution in [3.05, 3.63) is 48.2 Å². The van der Waals surface area contributed by atoms with E-state index < -0.39 is 0 Å². The van der Waals surface area contributed by atoms with E-state index >= 15 is 0 Å². The van der Waals surface area contributed by atoms with Crippen LogP contribution in [-0.4, -0.2) is 4.98 Å². The molecule has 1 heterocycles. The second kappa shape index (κ2) is 4.32. The third-order valence-corrected chi connectivity index (χ3v) is 1.98. The van der Waals surface area contributed by atoms with Crippen molar-refractivity contribution >= 4 is 5.69 Å². The number of hydrogen-bond acceptors (Lipinski definition) is 4. The number of nitrogen functional groups attached to an aromatic ring is 1. The Morgan fingerprint density at radius 3 is 2.81 bits per heavy atom. The molecule has 0 saturated heterocycles. The summed E-state index contributed by atoms with van der Waals surface area (Å²) in [7, 11) is 0. The van der Waals surface area contributed by atoms with E-state index in [0.717, 1.165) is 0 Å². The maximum absolute atomic E-state index is 8.91. The maximum atomic E-state index is 8.91. The predicted octanol–water partition coefficient (Wildman–Crippen LogP) is 2.33. The highest BCUT2D eigenvalue weighted by molar-refractivity contribution is 5.53. The average molecular weight is 211 g/mol. The smallest absolute Gasteiger partial charge is 0.219 e. The fraction of sp³-hybridized carbons (Fsp3) is 0. The lowest BCUT2D eigenvalue weighted by Gasteiger charge is -2.06. The Kier molecular flexibility index (Phi) is 2.70. The maximum Gasteiger partial charge on any atom is 0.219 e. The van der Waals surface area contributed by atoms with E-state index in [1.54, 1.807) is 36.5 Å². The summed E-state index contributed by atoms with van der Waals surface area (Å²) >= 11 is 0. The van der Waals surface area contributed by atoms with Crippen molar-refractivity contribution in [2.75, 3.05) is 5.73 Å². The van der Waals surface area contributed by atoms with Gasteiger partial charge in [-0.25, -0.2) is 4.98 Å². The van der Waals surface area contributed by atoms with Crippen LogP contribution in [0.2, 0.25) is 0 Å². The molecule has 0 amide bonds. The summed E-state index contributed by atoms with van der Waals surface area (Å²) in [5, 5.41) is 8.91. The quantitative estimate of drug-likeness (QED) is 0.774. The molecule has 1 aromatic carbocycles. The number of pyridine rings is 1. The molecule has 0 fully saturated rings. The molecular weight excluding hydrogens is 202 g/mol. The predicted molar refractivity (Wildman–Crippen MR) is 59.9 cm³/mol. The number of benzene rings is 1. The molecule has 0 spiro atoms. The number of nitriles is 1. The van der Waals surface area contributed by atoms with Crippen molar-refractivity contribution in [1.29, 1.82) is 5.26 Å². The van der Waals surface area contributed by atoms with Crippen molar-refractivity contribution in [3.8, 4) is 17.7 Å². The van der Waals surface area contributed by atoms with E-state index in [1.165, 1.54) is 0 Å². The first kappa shape index (κ1) is 9.99. The molecule has 2 N–H and O–H groups in total. The van der Waals surface area contributed by atoms with Gasteiger partial charge in [0.25, 0.3) is 0 Å². The Morgan fingerprint density at radius 1 is 1.25 bits per heavy atom. The van der Waals surface area contributed by atoms with Gasteiger partial charge in [-0.05, 0) is 24.3 Å². The van der Waals surface area contributed by atoms with Crippen molar-refractivity contribution in [2.45, 2.75) is 0 Å². The topological polar surface area (TPSA) is 71.9 Å². The van der Waals surface area contributed by atoms with Crippen LogP contribution in [0, 0.1) is 11.3 Å². The van der Waals surface area contributed by atoms with E-state index in [4.69, 9.17) is 15.7 Å². The molecule has 2 rings (SSSR count). The molecule has 0 unspecified atom stereocenters. The molecule has 2 aromatic rings. The number of aromatic nitrogens is 1. The molecule has 1 aromatic heterocycles. The van der Waals surface area contributed by atoms with Gasteiger partial charge in [-0.2, -0.15) is 5.26 Å². The van der Waals surface area contributed by atoms with Gasteiger partial charge in [0.1, 0.15) is 11.8 Å². The first-order chi connectivity index (χ1) is 7.79. The van der Waals surface area contributed by atoms with E-state index in [-0.39, 0.29) is 0 Å². The summed E-state index contributed by atoms with van der Waals surface area (Å²) < 4.78 is 5.47. The zero-order valence-corrected chi connectivity index (χ0v) is 8.42. The molecule has 16 heavy (non-hydrogen) atoms. The summed E-state index contributed by atoms with van der Waals surface area (Å²) in [5.74, 6) is 0.902. The molecule has 0 radical (unpaired) electrons. The molecule has 4 nitrogen and oxygen atoms in total. The van der Waals surface area contributed by atoms with E-state index in [1.807, 2.05) is 12.1 Å². The molecule has 0 aliphatic rings. The van der Waals surface area contributed by atoms with Crippen LogP contribution in [0.4, 0.5) is 5.69 Å². The fourth-order valence-corrected chi connectivity index (χ4v) is 1.24. The highest BCUT2D eigenvalue weighted by Gasteiger charge is 2.05. The number of nitrogens with zero attached hydrogens (tertiary/aromatic N) is 2. The summed E-state index contributed by atoms with van der Waals surface area (Å²) in [4.78, 5) is 4.01. The summed E-state index contributed by atoms with van der Waals surface area (Å²) in [6, 6.07) is 12.3. The van der Waals surface area contributed by atoms with Crippen LogP contribution in [0.15, 0.2) is 42.6 Å². The van der Waals surface area contributed by atoms with Crippen LogP contribution in [0.5, 0.6) is 11.6 Å². The molecule has 78 valence electrons. The van der Waals surface area contributed by atoms with Crippen LogP contribution >= 0.6 is 0 Å². The van der Waals surface area contributed by atoms with Gasteiger partial charge in [0, 0.05) is 18.0 Å². The molecule has 4 heteroatoms. The largest absolute Gasteiger partial charge is 0.438 e. The van der Waals surface area contributed by atoms with Gasteiger partial charge in [0.15, 0.2) is 0 Å². The third kappa shape index (κ3) is 2.10. The Labute approximate surface area is 92.9 Å². The lowest BCUT2D eigenvalue weighted by molar-refractivity contribution is 0.461. The number of nitrogens with two attached hydrogens (primary N) is 1. The minimum absolute atomic E-state index is 0.394. The van der Waals surface area contributed by atoms with Gasteiger partial charge in [0.2, 0.25) is 5.88 Å². The van der Waals surface area contributed by atoms with Crippen LogP contribution in [0.25, 0.3) is 0 Å². The minimum Gasteiger partial charge on any atom is -0.438 e.